The minimum absolute atomic E-state index is 0.00139. The lowest BCUT2D eigenvalue weighted by molar-refractivity contribution is -0.870. The van der Waals surface area contributed by atoms with Gasteiger partial charge in [0.1, 0.15) is 25.3 Å². The number of rotatable bonds is 31. The van der Waals surface area contributed by atoms with E-state index in [4.69, 9.17) is 18.2 Å². The van der Waals surface area contributed by atoms with Gasteiger partial charge in [-0.25, -0.2) is 9.36 Å². The van der Waals surface area contributed by atoms with Crippen LogP contribution in [0.1, 0.15) is 128 Å². The zero-order valence-corrected chi connectivity index (χ0v) is 34.9. The summed E-state index contributed by atoms with van der Waals surface area (Å²) < 4.78 is 34.0. The first-order valence-corrected chi connectivity index (χ1v) is 22.3. The van der Waals surface area contributed by atoms with Crippen molar-refractivity contribution in [3.8, 4) is 0 Å². The molecule has 0 aliphatic heterocycles. The molecule has 2 aromatic rings. The first-order chi connectivity index (χ1) is 25.3. The van der Waals surface area contributed by atoms with Gasteiger partial charge in [-0.05, 0) is 55.7 Å². The molecule has 2 unspecified atom stereocenters. The standard InChI is InChI=1S/C40H67N2O9PS/c1-6-7-8-9-10-11-12-15-18-21-26-41-40(45)37(32-49-52(46,47)48-28-27-42(3,4)5)51-38(43)23-20-17-14-13-16-19-22-29-53-34-24-25-35-33(2)30-39(44)50-36(35)31-34/h24-25,30-31,37H,6-23,26-29,32H2,1-5H3,(H-,41,45,46,47)/p+1. The lowest BCUT2D eigenvalue weighted by atomic mass is 10.1. The van der Waals surface area contributed by atoms with E-state index in [1.807, 2.05) is 40.2 Å². The lowest BCUT2D eigenvalue weighted by Gasteiger charge is -2.24. The van der Waals surface area contributed by atoms with Gasteiger partial charge in [-0.15, -0.1) is 11.8 Å². The van der Waals surface area contributed by atoms with Gasteiger partial charge in [-0.1, -0.05) is 96.8 Å². The second kappa shape index (κ2) is 26.6. The number of fused-ring (bicyclic) bond motifs is 1. The van der Waals surface area contributed by atoms with Crippen molar-refractivity contribution in [3.63, 3.8) is 0 Å². The molecule has 0 radical (unpaired) electrons. The molecule has 13 heteroatoms. The number of ether oxygens (including phenoxy) is 1. The first-order valence-electron chi connectivity index (χ1n) is 19.9. The molecule has 2 atom stereocenters. The largest absolute Gasteiger partial charge is 0.472 e. The van der Waals surface area contributed by atoms with Crippen molar-refractivity contribution in [1.29, 1.82) is 0 Å². The Bertz CT molecular complexity index is 1450. The number of carbonyl (C=O) groups is 2. The Morgan fingerprint density at radius 1 is 0.868 bits per heavy atom. The molecule has 2 N–H and O–H groups in total. The molecule has 1 aromatic carbocycles. The van der Waals surface area contributed by atoms with E-state index < -0.39 is 32.4 Å². The van der Waals surface area contributed by atoms with Crippen LogP contribution in [-0.2, 0) is 27.9 Å². The number of phosphoric ester groups is 1. The number of esters is 1. The molecular formula is C40H68N2O9PS+. The maximum Gasteiger partial charge on any atom is 0.472 e. The number of nitrogens with one attached hydrogen (secondary N) is 1. The van der Waals surface area contributed by atoms with Crippen LogP contribution in [0.5, 0.6) is 0 Å². The molecule has 1 aromatic heterocycles. The molecule has 0 saturated carbocycles. The Morgan fingerprint density at radius 3 is 2.11 bits per heavy atom. The molecule has 0 bridgehead atoms. The fourth-order valence-corrected chi connectivity index (χ4v) is 7.44. The lowest BCUT2D eigenvalue weighted by Crippen LogP contribution is -2.41. The normalized spacial score (nSPS) is 13.5. The minimum atomic E-state index is -4.44. The summed E-state index contributed by atoms with van der Waals surface area (Å²) in [6.07, 6.45) is 17.4. The number of nitrogens with zero attached hydrogens (tertiary/aromatic N) is 1. The van der Waals surface area contributed by atoms with E-state index in [9.17, 15) is 23.8 Å². The van der Waals surface area contributed by atoms with Gasteiger partial charge in [0.05, 0.1) is 21.1 Å². The van der Waals surface area contributed by atoms with Crippen LogP contribution in [0.3, 0.4) is 0 Å². The van der Waals surface area contributed by atoms with E-state index in [0.29, 0.717) is 29.6 Å². The summed E-state index contributed by atoms with van der Waals surface area (Å²) in [7, 11) is 1.35. The van der Waals surface area contributed by atoms with E-state index in [2.05, 4.69) is 18.3 Å². The van der Waals surface area contributed by atoms with Gasteiger partial charge < -0.3 is 23.8 Å². The highest BCUT2D eigenvalue weighted by atomic mass is 32.2. The van der Waals surface area contributed by atoms with Crippen molar-refractivity contribution in [2.24, 2.45) is 0 Å². The fraction of sp³-hybridized carbons (Fsp3) is 0.725. The summed E-state index contributed by atoms with van der Waals surface area (Å²) in [6, 6.07) is 7.53. The Hall–Kier alpha value is -2.21. The van der Waals surface area contributed by atoms with Crippen LogP contribution in [0, 0.1) is 6.92 Å². The number of likely N-dealkylation sites (N-methyl/N-ethyl adjacent to an activating group) is 1. The molecule has 1 heterocycles. The predicted octanol–water partition coefficient (Wildman–Crippen LogP) is 9.10. The summed E-state index contributed by atoms with van der Waals surface area (Å²) in [4.78, 5) is 48.6. The third-order valence-electron chi connectivity index (χ3n) is 9.02. The van der Waals surface area contributed by atoms with Crippen molar-refractivity contribution in [2.75, 3.05) is 53.2 Å². The van der Waals surface area contributed by atoms with Crippen molar-refractivity contribution < 1.29 is 41.7 Å². The number of quaternary nitrogens is 1. The van der Waals surface area contributed by atoms with E-state index in [0.717, 1.165) is 79.4 Å². The van der Waals surface area contributed by atoms with Gasteiger partial charge in [-0.3, -0.25) is 18.6 Å². The van der Waals surface area contributed by atoms with Crippen LogP contribution in [-0.4, -0.2) is 80.6 Å². The minimum Gasteiger partial charge on any atom is -0.450 e. The Kier molecular flexibility index (Phi) is 23.5. The van der Waals surface area contributed by atoms with Crippen molar-refractivity contribution in [3.05, 3.63) is 40.2 Å². The maximum absolute atomic E-state index is 13.0. The number of benzene rings is 1. The number of thioether (sulfide) groups is 1. The van der Waals surface area contributed by atoms with Crippen LogP contribution in [0.2, 0.25) is 0 Å². The third kappa shape index (κ3) is 22.7. The van der Waals surface area contributed by atoms with E-state index in [-0.39, 0.29) is 18.7 Å². The number of aryl methyl sites for hydroxylation is 1. The average molecular weight is 784 g/mol. The second-order valence-electron chi connectivity index (χ2n) is 15.0. The highest BCUT2D eigenvalue weighted by Crippen LogP contribution is 2.43. The highest BCUT2D eigenvalue weighted by molar-refractivity contribution is 7.99. The van der Waals surface area contributed by atoms with Crippen molar-refractivity contribution in [2.45, 2.75) is 140 Å². The Balaban J connectivity index is 1.66. The molecule has 53 heavy (non-hydrogen) atoms. The molecular weight excluding hydrogens is 715 g/mol. The van der Waals surface area contributed by atoms with Gasteiger partial charge in [0.25, 0.3) is 5.91 Å². The topological polar surface area (TPSA) is 141 Å². The molecule has 0 spiro atoms. The van der Waals surface area contributed by atoms with Gasteiger partial charge in [0, 0.05) is 29.3 Å². The third-order valence-corrected chi connectivity index (χ3v) is 11.1. The number of hydrogen-bond acceptors (Lipinski definition) is 9. The first kappa shape index (κ1) is 46.9. The SMILES string of the molecule is CCCCCCCCCCCCNC(=O)C(COP(=O)(O)OCC[N+](C)(C)C)OC(=O)CCCCCCCCCSc1ccc2c(C)cc(=O)oc2c1. The summed E-state index contributed by atoms with van der Waals surface area (Å²) >= 11 is 1.76. The van der Waals surface area contributed by atoms with E-state index in [1.54, 1.807) is 11.8 Å². The molecule has 11 nitrogen and oxygen atoms in total. The molecule has 1 amide bonds. The van der Waals surface area contributed by atoms with Crippen molar-refractivity contribution >= 4 is 42.4 Å². The molecule has 302 valence electrons. The van der Waals surface area contributed by atoms with E-state index >= 15 is 0 Å². The van der Waals surface area contributed by atoms with Gasteiger partial charge in [-0.2, -0.15) is 0 Å². The van der Waals surface area contributed by atoms with Gasteiger partial charge in [0.15, 0.2) is 0 Å². The summed E-state index contributed by atoms with van der Waals surface area (Å²) in [6.45, 7) is 4.48. The number of carbonyl (C=O) groups excluding carboxylic acids is 2. The van der Waals surface area contributed by atoms with Gasteiger partial charge >= 0.3 is 19.4 Å². The van der Waals surface area contributed by atoms with Crippen LogP contribution >= 0.6 is 19.6 Å². The molecule has 2 rings (SSSR count). The quantitative estimate of drug-likeness (QED) is 0.0190. The second-order valence-corrected chi connectivity index (χ2v) is 17.7. The zero-order valence-electron chi connectivity index (χ0n) is 33.2. The van der Waals surface area contributed by atoms with E-state index in [1.165, 1.54) is 51.0 Å². The van der Waals surface area contributed by atoms with Crippen LogP contribution in [0.25, 0.3) is 11.0 Å². The Morgan fingerprint density at radius 2 is 1.47 bits per heavy atom. The summed E-state index contributed by atoms with van der Waals surface area (Å²) in [5, 5.41) is 3.77. The average Bonchev–Trinajstić information content (AvgIpc) is 3.08. The Labute approximate surface area is 322 Å². The van der Waals surface area contributed by atoms with Crippen LogP contribution < -0.4 is 10.9 Å². The van der Waals surface area contributed by atoms with Gasteiger partial charge in [0.2, 0.25) is 6.10 Å². The molecule has 0 aliphatic carbocycles. The summed E-state index contributed by atoms with van der Waals surface area (Å²) in [5.41, 5.74) is 1.22. The predicted molar refractivity (Wildman–Crippen MR) is 214 cm³/mol. The maximum atomic E-state index is 13.0. The highest BCUT2D eigenvalue weighted by Gasteiger charge is 2.29. The molecule has 0 fully saturated rings. The number of unbranched alkanes of at least 4 members (excludes halogenated alkanes) is 15. The smallest absolute Gasteiger partial charge is 0.450 e. The van der Waals surface area contributed by atoms with Crippen LogP contribution in [0.4, 0.5) is 0 Å². The molecule has 0 saturated heterocycles. The number of phosphoric acid groups is 1. The number of hydrogen-bond donors (Lipinski definition) is 2. The van der Waals surface area contributed by atoms with Crippen LogP contribution in [0.15, 0.2) is 38.4 Å². The fourth-order valence-electron chi connectivity index (χ4n) is 5.79. The zero-order chi connectivity index (χ0) is 39.0. The molecule has 0 aliphatic rings. The number of amides is 1. The summed E-state index contributed by atoms with van der Waals surface area (Å²) in [5.74, 6) is -0.0909. The van der Waals surface area contributed by atoms with Crippen molar-refractivity contribution in [1.82, 2.24) is 5.32 Å². The monoisotopic (exact) mass is 783 g/mol.